The van der Waals surface area contributed by atoms with Crippen molar-refractivity contribution >= 4 is 17.5 Å². The van der Waals surface area contributed by atoms with E-state index in [2.05, 4.69) is 0 Å². The number of carbonyl (C=O) groups excluding carboxylic acids is 1. The fraction of sp³-hybridized carbons (Fsp3) is 0.312. The zero-order chi connectivity index (χ0) is 15.1. The summed E-state index contributed by atoms with van der Waals surface area (Å²) >= 11 is 5.70. The molecule has 2 rings (SSSR count). The molecule has 1 amide bonds. The Labute approximate surface area is 129 Å². The zero-order valence-corrected chi connectivity index (χ0v) is 12.7. The third-order valence-electron chi connectivity index (χ3n) is 3.03. The lowest BCUT2D eigenvalue weighted by molar-refractivity contribution is -0.130. The van der Waals surface area contributed by atoms with Gasteiger partial charge in [0.2, 0.25) is 5.91 Å². The lowest BCUT2D eigenvalue weighted by Gasteiger charge is -2.22. The number of rotatable bonds is 7. The number of ether oxygens (including phenoxy) is 1. The second kappa shape index (κ2) is 7.74. The monoisotopic (exact) mass is 307 g/mol. The Balaban J connectivity index is 2.16. The maximum Gasteiger partial charge on any atom is 0.238 e. The molecule has 1 aromatic heterocycles. The van der Waals surface area contributed by atoms with Gasteiger partial charge in [-0.25, -0.2) is 0 Å². The second-order valence-corrected chi connectivity index (χ2v) is 4.77. The lowest BCUT2D eigenvalue weighted by atomic mass is 10.2. The number of carbonyl (C=O) groups is 1. The molecule has 1 heterocycles. The first-order chi connectivity index (χ1) is 10.2. The molecule has 0 atom stereocenters. The molecule has 0 unspecified atom stereocenters. The summed E-state index contributed by atoms with van der Waals surface area (Å²) in [6.45, 7) is 3.33. The Kier molecular flexibility index (Phi) is 5.69. The first-order valence-corrected chi connectivity index (χ1v) is 7.35. The van der Waals surface area contributed by atoms with Crippen LogP contribution in [0.1, 0.15) is 18.2 Å². The summed E-state index contributed by atoms with van der Waals surface area (Å²) in [7, 11) is 0. The molecule has 0 radical (unpaired) electrons. The molecule has 0 bridgehead atoms. The molecule has 0 aliphatic rings. The van der Waals surface area contributed by atoms with Crippen LogP contribution in [0, 0.1) is 0 Å². The SMILES string of the molecule is CCOc1ccccc1CN(Cc1ccco1)C(=O)CCl. The van der Waals surface area contributed by atoms with Gasteiger partial charge in [-0.15, -0.1) is 11.6 Å². The fourth-order valence-corrected chi connectivity index (χ4v) is 2.21. The average Bonchev–Trinajstić information content (AvgIpc) is 3.01. The van der Waals surface area contributed by atoms with Gasteiger partial charge in [-0.2, -0.15) is 0 Å². The van der Waals surface area contributed by atoms with Crippen LogP contribution in [0.3, 0.4) is 0 Å². The second-order valence-electron chi connectivity index (χ2n) is 4.50. The van der Waals surface area contributed by atoms with Crippen molar-refractivity contribution in [2.45, 2.75) is 20.0 Å². The third kappa shape index (κ3) is 4.26. The van der Waals surface area contributed by atoms with Crippen molar-refractivity contribution in [3.63, 3.8) is 0 Å². The van der Waals surface area contributed by atoms with Crippen LogP contribution in [0.4, 0.5) is 0 Å². The first kappa shape index (κ1) is 15.4. The van der Waals surface area contributed by atoms with Crippen molar-refractivity contribution in [1.82, 2.24) is 4.90 Å². The molecule has 21 heavy (non-hydrogen) atoms. The topological polar surface area (TPSA) is 42.7 Å². The summed E-state index contributed by atoms with van der Waals surface area (Å²) in [5.41, 5.74) is 0.948. The van der Waals surface area contributed by atoms with E-state index in [1.54, 1.807) is 17.2 Å². The van der Waals surface area contributed by atoms with Crippen LogP contribution in [0.25, 0.3) is 0 Å². The van der Waals surface area contributed by atoms with Crippen molar-refractivity contribution in [2.75, 3.05) is 12.5 Å². The molecule has 1 aromatic carbocycles. The van der Waals surface area contributed by atoms with Gasteiger partial charge in [0.25, 0.3) is 0 Å². The van der Waals surface area contributed by atoms with Crippen molar-refractivity contribution in [1.29, 1.82) is 0 Å². The Morgan fingerprint density at radius 2 is 2.05 bits per heavy atom. The van der Waals surface area contributed by atoms with Gasteiger partial charge < -0.3 is 14.1 Å². The first-order valence-electron chi connectivity index (χ1n) is 6.81. The van der Waals surface area contributed by atoms with E-state index < -0.39 is 0 Å². The van der Waals surface area contributed by atoms with Crippen LogP contribution in [-0.2, 0) is 17.9 Å². The highest BCUT2D eigenvalue weighted by Crippen LogP contribution is 2.21. The van der Waals surface area contributed by atoms with E-state index in [9.17, 15) is 4.79 Å². The van der Waals surface area contributed by atoms with Crippen LogP contribution < -0.4 is 4.74 Å². The van der Waals surface area contributed by atoms with Crippen molar-refractivity contribution in [3.8, 4) is 5.75 Å². The number of amides is 1. The molecule has 0 aliphatic heterocycles. The molecule has 4 nitrogen and oxygen atoms in total. The molecule has 0 saturated carbocycles. The van der Waals surface area contributed by atoms with E-state index in [1.807, 2.05) is 37.3 Å². The van der Waals surface area contributed by atoms with Crippen molar-refractivity contribution in [2.24, 2.45) is 0 Å². The fourth-order valence-electron chi connectivity index (χ4n) is 2.04. The summed E-state index contributed by atoms with van der Waals surface area (Å²) in [6, 6.07) is 11.3. The van der Waals surface area contributed by atoms with Crippen LogP contribution in [0.5, 0.6) is 5.75 Å². The Bertz CT molecular complexity index is 569. The van der Waals surface area contributed by atoms with Gasteiger partial charge in [0.1, 0.15) is 17.4 Å². The smallest absolute Gasteiger partial charge is 0.238 e. The number of alkyl halides is 1. The number of hydrogen-bond acceptors (Lipinski definition) is 3. The molecular formula is C16H18ClNO3. The summed E-state index contributed by atoms with van der Waals surface area (Å²) in [5, 5.41) is 0. The predicted octanol–water partition coefficient (Wildman–Crippen LogP) is 3.45. The maximum atomic E-state index is 12.0. The Morgan fingerprint density at radius 3 is 2.71 bits per heavy atom. The quantitative estimate of drug-likeness (QED) is 0.736. The van der Waals surface area contributed by atoms with Gasteiger partial charge >= 0.3 is 0 Å². The Hall–Kier alpha value is -1.94. The van der Waals surface area contributed by atoms with E-state index >= 15 is 0 Å². The molecule has 0 spiro atoms. The highest BCUT2D eigenvalue weighted by molar-refractivity contribution is 6.27. The molecule has 5 heteroatoms. The number of halogens is 1. The minimum absolute atomic E-state index is 0.0580. The highest BCUT2D eigenvalue weighted by Gasteiger charge is 2.16. The van der Waals surface area contributed by atoms with E-state index in [1.165, 1.54) is 0 Å². The van der Waals surface area contributed by atoms with Crippen LogP contribution >= 0.6 is 11.6 Å². The number of hydrogen-bond donors (Lipinski definition) is 0. The van der Waals surface area contributed by atoms with Gasteiger partial charge in [-0.05, 0) is 25.1 Å². The minimum atomic E-state index is -0.139. The normalized spacial score (nSPS) is 10.4. The number of nitrogens with zero attached hydrogens (tertiary/aromatic N) is 1. The number of para-hydroxylation sites is 1. The van der Waals surface area contributed by atoms with Gasteiger partial charge in [-0.3, -0.25) is 4.79 Å². The standard InChI is InChI=1S/C16H18ClNO3/c1-2-20-15-8-4-3-6-13(15)11-18(16(19)10-17)12-14-7-5-9-21-14/h3-9H,2,10-12H2,1H3. The zero-order valence-electron chi connectivity index (χ0n) is 11.9. The van der Waals surface area contributed by atoms with Gasteiger partial charge in [0, 0.05) is 12.1 Å². The maximum absolute atomic E-state index is 12.0. The lowest BCUT2D eigenvalue weighted by Crippen LogP contribution is -2.31. The summed E-state index contributed by atoms with van der Waals surface area (Å²) in [4.78, 5) is 13.7. The van der Waals surface area contributed by atoms with Crippen molar-refractivity contribution in [3.05, 3.63) is 54.0 Å². The van der Waals surface area contributed by atoms with Gasteiger partial charge in [0.05, 0.1) is 19.4 Å². The summed E-state index contributed by atoms with van der Waals surface area (Å²) in [6.07, 6.45) is 1.59. The van der Waals surface area contributed by atoms with E-state index in [0.717, 1.165) is 17.1 Å². The number of benzene rings is 1. The van der Waals surface area contributed by atoms with E-state index in [-0.39, 0.29) is 11.8 Å². The minimum Gasteiger partial charge on any atom is -0.494 e. The summed E-state index contributed by atoms with van der Waals surface area (Å²) < 4.78 is 10.9. The molecular weight excluding hydrogens is 290 g/mol. The largest absolute Gasteiger partial charge is 0.494 e. The number of furan rings is 1. The molecule has 0 aliphatic carbocycles. The molecule has 0 saturated heterocycles. The van der Waals surface area contributed by atoms with E-state index in [0.29, 0.717) is 19.7 Å². The van der Waals surface area contributed by atoms with Crippen LogP contribution in [0.2, 0.25) is 0 Å². The molecule has 0 N–H and O–H groups in total. The Morgan fingerprint density at radius 1 is 1.24 bits per heavy atom. The average molecular weight is 308 g/mol. The summed E-state index contributed by atoms with van der Waals surface area (Å²) in [5.74, 6) is 1.31. The molecule has 112 valence electrons. The highest BCUT2D eigenvalue weighted by atomic mass is 35.5. The van der Waals surface area contributed by atoms with Crippen LogP contribution in [0.15, 0.2) is 47.1 Å². The molecule has 0 fully saturated rings. The molecule has 2 aromatic rings. The third-order valence-corrected chi connectivity index (χ3v) is 3.26. The van der Waals surface area contributed by atoms with Crippen molar-refractivity contribution < 1.29 is 13.9 Å². The van der Waals surface area contributed by atoms with Gasteiger partial charge in [0.15, 0.2) is 0 Å². The van der Waals surface area contributed by atoms with Gasteiger partial charge in [-0.1, -0.05) is 18.2 Å². The van der Waals surface area contributed by atoms with E-state index in [4.69, 9.17) is 20.8 Å². The predicted molar refractivity (Wildman–Crippen MR) is 81.3 cm³/mol. The van der Waals surface area contributed by atoms with Crippen LogP contribution in [-0.4, -0.2) is 23.3 Å².